The zero-order valence-corrected chi connectivity index (χ0v) is 56.8. The number of hydrogen-bond acceptors (Lipinski definition) is 7. The normalized spacial score (nSPS) is 13.8. The number of amides is 1. The Kier molecular flexibility index (Phi) is 61.5. The maximum atomic E-state index is 13.6. The second kappa shape index (κ2) is 63.0. The Bertz CT molecular complexity index is 1560. The first kappa shape index (κ1) is 81.0. The van der Waals surface area contributed by atoms with Gasteiger partial charge >= 0.3 is 5.97 Å². The zero-order valence-electron chi connectivity index (χ0n) is 55.9. The zero-order chi connectivity index (χ0) is 60.7. The number of likely N-dealkylation sites (N-methyl/N-ethyl adjacent to an activating group) is 1. The highest BCUT2D eigenvalue weighted by molar-refractivity contribution is 7.45. The third kappa shape index (κ3) is 64.3. The number of allylic oxidation sites excluding steroid dienone is 7. The van der Waals surface area contributed by atoms with Gasteiger partial charge in [0, 0.05) is 12.8 Å². The molecule has 1 N–H and O–H groups in total. The minimum atomic E-state index is -4.70. The summed E-state index contributed by atoms with van der Waals surface area (Å²) in [4.78, 5) is 40.2. The predicted molar refractivity (Wildman–Crippen MR) is 358 cm³/mol. The lowest BCUT2D eigenvalue weighted by atomic mass is 10.0. The number of hydrogen-bond donors (Lipinski definition) is 1. The molecular formula is C73H139N2O7P. The SMILES string of the molecule is CCCCC/C=C\C/C=C\C/C=C\CCCCCCCCCCCCC(=O)OC(/C=C/CCCCCCCCCCC)C(COP(=O)([O-])OCC[N+](C)(C)C)NC(=O)CCCCCCCCCCCCCCCCCCCCCCCCC. The van der Waals surface area contributed by atoms with E-state index >= 15 is 0 Å². The molecule has 488 valence electrons. The predicted octanol–water partition coefficient (Wildman–Crippen LogP) is 22.2. The third-order valence-corrected chi connectivity index (χ3v) is 17.2. The van der Waals surface area contributed by atoms with E-state index in [4.69, 9.17) is 13.8 Å². The first-order valence-corrected chi connectivity index (χ1v) is 37.4. The average Bonchev–Trinajstić information content (AvgIpc) is 3.51. The van der Waals surface area contributed by atoms with E-state index in [2.05, 4.69) is 62.5 Å². The maximum Gasteiger partial charge on any atom is 0.306 e. The second-order valence-corrected chi connectivity index (χ2v) is 27.2. The molecule has 0 saturated carbocycles. The van der Waals surface area contributed by atoms with E-state index in [1.807, 2.05) is 33.3 Å². The Balaban J connectivity index is 5.00. The summed E-state index contributed by atoms with van der Waals surface area (Å²) in [6.07, 6.45) is 79.5. The van der Waals surface area contributed by atoms with Gasteiger partial charge in [-0.3, -0.25) is 14.2 Å². The van der Waals surface area contributed by atoms with Gasteiger partial charge in [0.2, 0.25) is 5.91 Å². The van der Waals surface area contributed by atoms with Crippen LogP contribution in [0.5, 0.6) is 0 Å². The fourth-order valence-electron chi connectivity index (χ4n) is 10.7. The van der Waals surface area contributed by atoms with Crippen LogP contribution in [-0.4, -0.2) is 69.4 Å². The van der Waals surface area contributed by atoms with Crippen LogP contribution < -0.4 is 10.2 Å². The van der Waals surface area contributed by atoms with E-state index in [0.717, 1.165) is 70.6 Å². The molecule has 0 aliphatic carbocycles. The molecule has 1 amide bonds. The molecule has 0 fully saturated rings. The molecule has 0 aromatic heterocycles. The Morgan fingerprint density at radius 2 is 0.735 bits per heavy atom. The van der Waals surface area contributed by atoms with Gasteiger partial charge in [0.1, 0.15) is 19.3 Å². The Hall–Kier alpha value is -2.03. The summed E-state index contributed by atoms with van der Waals surface area (Å²) in [5.74, 6) is -0.529. The number of esters is 1. The van der Waals surface area contributed by atoms with Gasteiger partial charge in [-0.05, 0) is 70.3 Å². The van der Waals surface area contributed by atoms with Crippen LogP contribution in [0.3, 0.4) is 0 Å². The molecule has 9 nitrogen and oxygen atoms in total. The highest BCUT2D eigenvalue weighted by atomic mass is 31.2. The van der Waals surface area contributed by atoms with Crippen molar-refractivity contribution in [2.24, 2.45) is 0 Å². The number of rotatable bonds is 66. The van der Waals surface area contributed by atoms with E-state index in [1.54, 1.807) is 0 Å². The fourth-order valence-corrected chi connectivity index (χ4v) is 11.4. The molecule has 0 aliphatic rings. The fraction of sp³-hybridized carbons (Fsp3) is 0.863. The molecule has 0 radical (unpaired) electrons. The number of unbranched alkanes of at least 4 members (excludes halogenated alkanes) is 44. The Morgan fingerprint density at radius 1 is 0.422 bits per heavy atom. The van der Waals surface area contributed by atoms with Crippen molar-refractivity contribution < 1.29 is 37.3 Å². The summed E-state index contributed by atoms with van der Waals surface area (Å²) in [7, 11) is 1.20. The summed E-state index contributed by atoms with van der Waals surface area (Å²) >= 11 is 0. The van der Waals surface area contributed by atoms with E-state index < -0.39 is 20.0 Å². The van der Waals surface area contributed by atoms with Gasteiger partial charge in [0.25, 0.3) is 7.82 Å². The summed E-state index contributed by atoms with van der Waals surface area (Å²) in [6, 6.07) is -0.888. The van der Waals surface area contributed by atoms with Gasteiger partial charge in [-0.25, -0.2) is 0 Å². The van der Waals surface area contributed by atoms with Gasteiger partial charge < -0.3 is 28.5 Å². The van der Waals surface area contributed by atoms with E-state index in [1.165, 1.54) is 250 Å². The van der Waals surface area contributed by atoms with Gasteiger partial charge in [0.05, 0.1) is 33.8 Å². The largest absolute Gasteiger partial charge is 0.756 e. The van der Waals surface area contributed by atoms with Crippen molar-refractivity contribution in [1.82, 2.24) is 5.32 Å². The summed E-state index contributed by atoms with van der Waals surface area (Å²) < 4.78 is 30.4. The average molecular weight is 1190 g/mol. The van der Waals surface area contributed by atoms with Crippen LogP contribution in [0.1, 0.15) is 355 Å². The number of ether oxygens (including phenoxy) is 1. The van der Waals surface area contributed by atoms with Gasteiger partial charge in [-0.15, -0.1) is 0 Å². The van der Waals surface area contributed by atoms with Gasteiger partial charge in [0.15, 0.2) is 0 Å². The highest BCUT2D eigenvalue weighted by Gasteiger charge is 2.27. The van der Waals surface area contributed by atoms with Crippen molar-refractivity contribution in [3.05, 3.63) is 48.6 Å². The lowest BCUT2D eigenvalue weighted by molar-refractivity contribution is -0.870. The minimum absolute atomic E-state index is 0.0212. The molecule has 0 spiro atoms. The molecule has 0 aromatic carbocycles. The number of nitrogens with one attached hydrogen (secondary N) is 1. The monoisotopic (exact) mass is 1190 g/mol. The van der Waals surface area contributed by atoms with Crippen LogP contribution in [0.15, 0.2) is 48.6 Å². The molecule has 0 aromatic rings. The van der Waals surface area contributed by atoms with Crippen molar-refractivity contribution in [2.75, 3.05) is 40.9 Å². The molecule has 3 atom stereocenters. The molecule has 10 heteroatoms. The topological polar surface area (TPSA) is 114 Å². The number of nitrogens with zero attached hydrogens (tertiary/aromatic N) is 1. The highest BCUT2D eigenvalue weighted by Crippen LogP contribution is 2.38. The van der Waals surface area contributed by atoms with Crippen LogP contribution >= 0.6 is 7.82 Å². The molecule has 3 unspecified atom stereocenters. The quantitative estimate of drug-likeness (QED) is 0.0212. The van der Waals surface area contributed by atoms with Crippen molar-refractivity contribution in [3.8, 4) is 0 Å². The van der Waals surface area contributed by atoms with Crippen LogP contribution in [-0.2, 0) is 27.9 Å². The van der Waals surface area contributed by atoms with Crippen molar-refractivity contribution in [1.29, 1.82) is 0 Å². The Morgan fingerprint density at radius 3 is 1.12 bits per heavy atom. The van der Waals surface area contributed by atoms with E-state index in [9.17, 15) is 19.0 Å². The van der Waals surface area contributed by atoms with Gasteiger partial charge in [-0.1, -0.05) is 320 Å². The van der Waals surface area contributed by atoms with Crippen LogP contribution in [0.4, 0.5) is 0 Å². The van der Waals surface area contributed by atoms with E-state index in [-0.39, 0.29) is 31.5 Å². The number of carbonyl (C=O) groups is 2. The standard InChI is InChI=1S/C73H139N2O7P/c1-7-10-13-16-19-22-25-27-29-31-33-35-37-39-41-43-45-47-50-53-56-59-62-65-72(76)74-70(69-81-83(78,79)80-68-67-75(4,5)6)71(64-61-58-55-52-49-24-21-18-15-12-9-3)82-73(77)66-63-60-57-54-51-48-46-44-42-40-38-36-34-32-30-28-26-23-20-17-14-11-8-2/h20,23,28,30,34,36,61,64,70-71H,7-19,21-22,24-27,29,31-33,35,37-60,62-63,65-69H2,1-6H3,(H-,74,76,78,79)/b23-20-,30-28-,36-34-,64-61+. The third-order valence-electron chi connectivity index (χ3n) is 16.3. The number of phosphoric acid groups is 1. The molecular weight excluding hydrogens is 1050 g/mol. The van der Waals surface area contributed by atoms with Crippen molar-refractivity contribution in [3.63, 3.8) is 0 Å². The Labute approximate surface area is 516 Å². The van der Waals surface area contributed by atoms with Crippen molar-refractivity contribution >= 4 is 19.7 Å². The summed E-state index contributed by atoms with van der Waals surface area (Å²) in [5, 5.41) is 3.05. The molecule has 0 rings (SSSR count). The first-order chi connectivity index (χ1) is 40.4. The maximum absolute atomic E-state index is 13.6. The van der Waals surface area contributed by atoms with Crippen molar-refractivity contribution in [2.45, 2.75) is 367 Å². The molecule has 0 bridgehead atoms. The van der Waals surface area contributed by atoms with Crippen LogP contribution in [0.25, 0.3) is 0 Å². The second-order valence-electron chi connectivity index (χ2n) is 25.7. The van der Waals surface area contributed by atoms with Crippen LogP contribution in [0, 0.1) is 0 Å². The first-order valence-electron chi connectivity index (χ1n) is 35.9. The number of phosphoric ester groups is 1. The molecule has 0 saturated heterocycles. The van der Waals surface area contributed by atoms with Crippen LogP contribution in [0.2, 0.25) is 0 Å². The molecule has 0 aliphatic heterocycles. The summed E-state index contributed by atoms with van der Waals surface area (Å²) in [6.45, 7) is 6.86. The van der Waals surface area contributed by atoms with E-state index in [0.29, 0.717) is 17.4 Å². The van der Waals surface area contributed by atoms with Gasteiger partial charge in [-0.2, -0.15) is 0 Å². The smallest absolute Gasteiger partial charge is 0.306 e. The molecule has 0 heterocycles. The lowest BCUT2D eigenvalue weighted by Crippen LogP contribution is -2.47. The number of quaternary nitrogens is 1. The minimum Gasteiger partial charge on any atom is -0.756 e. The lowest BCUT2D eigenvalue weighted by Gasteiger charge is -2.30. The number of carbonyl (C=O) groups excluding carboxylic acids is 2. The molecule has 83 heavy (non-hydrogen) atoms. The summed E-state index contributed by atoms with van der Waals surface area (Å²) in [5.41, 5.74) is 0.